The van der Waals surface area contributed by atoms with Crippen molar-refractivity contribution in [2.75, 3.05) is 33.2 Å². The van der Waals surface area contributed by atoms with Crippen LogP contribution < -0.4 is 5.32 Å². The number of nitrogens with zero attached hydrogens (tertiary/aromatic N) is 1. The van der Waals surface area contributed by atoms with Crippen LogP contribution in [0.1, 0.15) is 19.8 Å². The standard InChI is InChI=1S/C10H22N2O/c1-9(13)10-3-6-12(7-4-10)8-5-11-2/h9-11,13H,3-8H2,1-2H3. The molecule has 0 radical (unpaired) electrons. The maximum absolute atomic E-state index is 9.41. The fourth-order valence-electron chi connectivity index (χ4n) is 1.93. The van der Waals surface area contributed by atoms with Gasteiger partial charge in [-0.1, -0.05) is 0 Å². The topological polar surface area (TPSA) is 35.5 Å². The van der Waals surface area contributed by atoms with Crippen molar-refractivity contribution in [2.45, 2.75) is 25.9 Å². The first-order chi connectivity index (χ1) is 6.24. The molecule has 0 aromatic rings. The molecule has 3 nitrogen and oxygen atoms in total. The summed E-state index contributed by atoms with van der Waals surface area (Å²) in [6.07, 6.45) is 2.19. The summed E-state index contributed by atoms with van der Waals surface area (Å²) in [5.41, 5.74) is 0. The molecule has 1 unspecified atom stereocenters. The van der Waals surface area contributed by atoms with Crippen LogP contribution in [-0.4, -0.2) is 49.3 Å². The maximum atomic E-state index is 9.41. The Kier molecular flexibility index (Phi) is 4.70. The van der Waals surface area contributed by atoms with Crippen molar-refractivity contribution in [3.05, 3.63) is 0 Å². The van der Waals surface area contributed by atoms with Crippen LogP contribution in [0.5, 0.6) is 0 Å². The van der Waals surface area contributed by atoms with Gasteiger partial charge in [-0.25, -0.2) is 0 Å². The molecule has 1 aliphatic heterocycles. The molecule has 1 atom stereocenters. The lowest BCUT2D eigenvalue weighted by Crippen LogP contribution is -2.39. The zero-order chi connectivity index (χ0) is 9.68. The van der Waals surface area contributed by atoms with Crippen molar-refractivity contribution in [2.24, 2.45) is 5.92 Å². The van der Waals surface area contributed by atoms with Crippen LogP contribution in [0, 0.1) is 5.92 Å². The average molecular weight is 186 g/mol. The predicted octanol–water partition coefficient (Wildman–Crippen LogP) is 0.299. The van der Waals surface area contributed by atoms with Gasteiger partial charge in [-0.3, -0.25) is 0 Å². The zero-order valence-electron chi connectivity index (χ0n) is 8.79. The van der Waals surface area contributed by atoms with Gasteiger partial charge in [0.15, 0.2) is 0 Å². The molecule has 0 aromatic heterocycles. The molecular weight excluding hydrogens is 164 g/mol. The highest BCUT2D eigenvalue weighted by Crippen LogP contribution is 2.19. The van der Waals surface area contributed by atoms with E-state index in [1.807, 2.05) is 14.0 Å². The summed E-state index contributed by atoms with van der Waals surface area (Å²) in [6, 6.07) is 0. The SMILES string of the molecule is CNCCN1CCC(C(C)O)CC1. The third-order valence-electron chi connectivity index (χ3n) is 2.99. The number of aliphatic hydroxyl groups is 1. The normalized spacial score (nSPS) is 23.3. The molecule has 3 heteroatoms. The second kappa shape index (κ2) is 5.58. The van der Waals surface area contributed by atoms with Crippen LogP contribution in [0.25, 0.3) is 0 Å². The quantitative estimate of drug-likeness (QED) is 0.663. The molecule has 0 amide bonds. The molecule has 0 aromatic carbocycles. The molecule has 1 aliphatic rings. The van der Waals surface area contributed by atoms with Gasteiger partial charge in [-0.05, 0) is 45.8 Å². The van der Waals surface area contributed by atoms with E-state index in [1.54, 1.807) is 0 Å². The van der Waals surface area contributed by atoms with Crippen molar-refractivity contribution in [3.63, 3.8) is 0 Å². The summed E-state index contributed by atoms with van der Waals surface area (Å²) >= 11 is 0. The number of rotatable bonds is 4. The first-order valence-electron chi connectivity index (χ1n) is 5.29. The van der Waals surface area contributed by atoms with Gasteiger partial charge < -0.3 is 15.3 Å². The molecule has 0 spiro atoms. The van der Waals surface area contributed by atoms with Gasteiger partial charge in [0.25, 0.3) is 0 Å². The first kappa shape index (κ1) is 11.0. The molecule has 1 rings (SSSR count). The highest BCUT2D eigenvalue weighted by molar-refractivity contribution is 4.75. The van der Waals surface area contributed by atoms with E-state index in [4.69, 9.17) is 0 Å². The van der Waals surface area contributed by atoms with Crippen molar-refractivity contribution >= 4 is 0 Å². The molecule has 1 saturated heterocycles. The van der Waals surface area contributed by atoms with Gasteiger partial charge in [-0.2, -0.15) is 0 Å². The number of likely N-dealkylation sites (tertiary alicyclic amines) is 1. The second-order valence-corrected chi connectivity index (χ2v) is 4.02. The zero-order valence-corrected chi connectivity index (χ0v) is 8.79. The van der Waals surface area contributed by atoms with Crippen molar-refractivity contribution in [1.82, 2.24) is 10.2 Å². The Morgan fingerprint density at radius 3 is 2.54 bits per heavy atom. The fraction of sp³-hybridized carbons (Fsp3) is 1.00. The number of hydrogen-bond acceptors (Lipinski definition) is 3. The monoisotopic (exact) mass is 186 g/mol. The Hall–Kier alpha value is -0.120. The van der Waals surface area contributed by atoms with E-state index in [-0.39, 0.29) is 6.10 Å². The third kappa shape index (κ3) is 3.63. The maximum Gasteiger partial charge on any atom is 0.0541 e. The molecule has 1 heterocycles. The van der Waals surface area contributed by atoms with Crippen molar-refractivity contribution in [1.29, 1.82) is 0 Å². The minimum absolute atomic E-state index is 0.119. The third-order valence-corrected chi connectivity index (χ3v) is 2.99. The Balaban J connectivity index is 2.15. The van der Waals surface area contributed by atoms with Gasteiger partial charge in [0.1, 0.15) is 0 Å². The van der Waals surface area contributed by atoms with E-state index >= 15 is 0 Å². The lowest BCUT2D eigenvalue weighted by atomic mass is 9.92. The lowest BCUT2D eigenvalue weighted by molar-refractivity contribution is 0.0724. The Morgan fingerprint density at radius 2 is 2.08 bits per heavy atom. The predicted molar refractivity (Wildman–Crippen MR) is 54.8 cm³/mol. The molecule has 2 N–H and O–H groups in total. The Bertz CT molecular complexity index is 131. The summed E-state index contributed by atoms with van der Waals surface area (Å²) in [5, 5.41) is 12.6. The summed E-state index contributed by atoms with van der Waals surface area (Å²) in [4.78, 5) is 2.47. The van der Waals surface area contributed by atoms with Gasteiger partial charge >= 0.3 is 0 Å². The molecule has 0 bridgehead atoms. The highest BCUT2D eigenvalue weighted by Gasteiger charge is 2.21. The van der Waals surface area contributed by atoms with Gasteiger partial charge in [0.2, 0.25) is 0 Å². The van der Waals surface area contributed by atoms with Gasteiger partial charge in [0, 0.05) is 13.1 Å². The van der Waals surface area contributed by atoms with E-state index in [1.165, 1.54) is 0 Å². The number of aliphatic hydroxyl groups excluding tert-OH is 1. The van der Waals surface area contributed by atoms with Crippen molar-refractivity contribution in [3.8, 4) is 0 Å². The molecule has 0 saturated carbocycles. The molecule has 78 valence electrons. The van der Waals surface area contributed by atoms with E-state index in [0.29, 0.717) is 5.92 Å². The molecule has 0 aliphatic carbocycles. The molecular formula is C10H22N2O. The summed E-state index contributed by atoms with van der Waals surface area (Å²) in [6.45, 7) is 6.42. The van der Waals surface area contributed by atoms with E-state index < -0.39 is 0 Å². The van der Waals surface area contributed by atoms with E-state index in [9.17, 15) is 5.11 Å². The second-order valence-electron chi connectivity index (χ2n) is 4.02. The summed E-state index contributed by atoms with van der Waals surface area (Å²) in [5.74, 6) is 0.533. The minimum Gasteiger partial charge on any atom is -0.393 e. The van der Waals surface area contributed by atoms with Crippen LogP contribution in [0.3, 0.4) is 0 Å². The average Bonchev–Trinajstić information content (AvgIpc) is 2.15. The number of likely N-dealkylation sites (N-methyl/N-ethyl adjacent to an activating group) is 1. The minimum atomic E-state index is -0.119. The van der Waals surface area contributed by atoms with Crippen LogP contribution in [0.15, 0.2) is 0 Å². The van der Waals surface area contributed by atoms with Gasteiger partial charge in [-0.15, -0.1) is 0 Å². The summed E-state index contributed by atoms with van der Waals surface area (Å²) < 4.78 is 0. The van der Waals surface area contributed by atoms with E-state index in [2.05, 4.69) is 10.2 Å². The largest absolute Gasteiger partial charge is 0.393 e. The van der Waals surface area contributed by atoms with E-state index in [0.717, 1.165) is 39.0 Å². The smallest absolute Gasteiger partial charge is 0.0541 e. The van der Waals surface area contributed by atoms with Crippen molar-refractivity contribution < 1.29 is 5.11 Å². The Morgan fingerprint density at radius 1 is 1.46 bits per heavy atom. The number of piperidine rings is 1. The number of hydrogen-bond donors (Lipinski definition) is 2. The first-order valence-corrected chi connectivity index (χ1v) is 5.29. The lowest BCUT2D eigenvalue weighted by Gasteiger charge is -2.33. The van der Waals surface area contributed by atoms with Gasteiger partial charge in [0.05, 0.1) is 6.10 Å². The van der Waals surface area contributed by atoms with Crippen LogP contribution in [0.4, 0.5) is 0 Å². The molecule has 13 heavy (non-hydrogen) atoms. The van der Waals surface area contributed by atoms with Crippen LogP contribution in [0.2, 0.25) is 0 Å². The molecule has 1 fully saturated rings. The van der Waals surface area contributed by atoms with Crippen LogP contribution >= 0.6 is 0 Å². The highest BCUT2D eigenvalue weighted by atomic mass is 16.3. The summed E-state index contributed by atoms with van der Waals surface area (Å²) in [7, 11) is 1.99. The fourth-order valence-corrected chi connectivity index (χ4v) is 1.93. The number of nitrogens with one attached hydrogen (secondary N) is 1. The Labute approximate surface area is 81.1 Å². The van der Waals surface area contributed by atoms with Crippen LogP contribution in [-0.2, 0) is 0 Å².